The van der Waals surface area contributed by atoms with Gasteiger partial charge >= 0.3 is 0 Å². The van der Waals surface area contributed by atoms with Gasteiger partial charge in [0.25, 0.3) is 0 Å². The summed E-state index contributed by atoms with van der Waals surface area (Å²) in [5, 5.41) is 0. The van der Waals surface area contributed by atoms with Gasteiger partial charge in [0.15, 0.2) is 0 Å². The summed E-state index contributed by atoms with van der Waals surface area (Å²) in [6.45, 7) is 5.42. The molecule has 3 nitrogen and oxygen atoms in total. The van der Waals surface area contributed by atoms with Gasteiger partial charge in [0.1, 0.15) is 0 Å². The summed E-state index contributed by atoms with van der Waals surface area (Å²) in [6, 6.07) is 0. The van der Waals surface area contributed by atoms with E-state index in [1.54, 1.807) is 0 Å². The molecule has 0 aliphatic rings. The summed E-state index contributed by atoms with van der Waals surface area (Å²) in [6.07, 6.45) is 0.648. The molecule has 0 unspecified atom stereocenters. The van der Waals surface area contributed by atoms with E-state index in [-0.39, 0.29) is 12.3 Å². The molecule has 0 heterocycles. The number of hydrogen-bond donors (Lipinski definition) is 1. The third-order valence-electron chi connectivity index (χ3n) is 0.795. The van der Waals surface area contributed by atoms with Gasteiger partial charge in [-0.1, -0.05) is 6.92 Å². The van der Waals surface area contributed by atoms with Crippen molar-refractivity contribution in [2.24, 2.45) is 0 Å². The van der Waals surface area contributed by atoms with E-state index in [4.69, 9.17) is 0 Å². The van der Waals surface area contributed by atoms with Crippen molar-refractivity contribution in [1.82, 2.24) is 4.72 Å². The van der Waals surface area contributed by atoms with Crippen LogP contribution in [0.3, 0.4) is 0 Å². The van der Waals surface area contributed by atoms with Gasteiger partial charge in [-0.25, -0.2) is 13.1 Å². The van der Waals surface area contributed by atoms with Crippen molar-refractivity contribution in [3.8, 4) is 0 Å². The predicted molar refractivity (Wildman–Crippen MR) is 37.4 cm³/mol. The van der Waals surface area contributed by atoms with Gasteiger partial charge < -0.3 is 0 Å². The monoisotopic (exact) mass is 150 g/mol. The molecule has 0 aromatic carbocycles. The Kier molecular flexibility index (Phi) is 3.81. The van der Waals surface area contributed by atoms with Crippen molar-refractivity contribution in [1.29, 1.82) is 0 Å². The van der Waals surface area contributed by atoms with Crippen molar-refractivity contribution in [2.45, 2.75) is 13.3 Å². The van der Waals surface area contributed by atoms with Gasteiger partial charge in [0.2, 0.25) is 10.0 Å². The second kappa shape index (κ2) is 3.85. The molecule has 0 rings (SSSR count). The number of rotatable bonds is 4. The van der Waals surface area contributed by atoms with Gasteiger partial charge in [-0.15, -0.1) is 0 Å². The van der Waals surface area contributed by atoms with E-state index in [0.29, 0.717) is 6.42 Å². The highest BCUT2D eigenvalue weighted by Crippen LogP contribution is 1.85. The van der Waals surface area contributed by atoms with Crippen LogP contribution in [0.2, 0.25) is 0 Å². The summed E-state index contributed by atoms with van der Waals surface area (Å²) >= 11 is 0. The van der Waals surface area contributed by atoms with Gasteiger partial charge in [-0.05, 0) is 13.3 Å². The molecule has 0 aliphatic carbocycles. The fraction of sp³-hybridized carbons (Fsp3) is 0.800. The highest BCUT2D eigenvalue weighted by molar-refractivity contribution is 7.89. The predicted octanol–water partition coefficient (Wildman–Crippen LogP) is 0.150. The van der Waals surface area contributed by atoms with Crippen LogP contribution < -0.4 is 4.72 Å². The second-order valence-electron chi connectivity index (χ2n) is 1.71. The maximum absolute atomic E-state index is 10.7. The zero-order chi connectivity index (χ0) is 7.33. The molecular formula is C5H12NO2S. The molecular weight excluding hydrogens is 138 g/mol. The van der Waals surface area contributed by atoms with Crippen LogP contribution in [0.5, 0.6) is 0 Å². The molecule has 9 heavy (non-hydrogen) atoms. The van der Waals surface area contributed by atoms with Crippen LogP contribution in [0, 0.1) is 6.92 Å². The lowest BCUT2D eigenvalue weighted by Gasteiger charge is -1.99. The largest absolute Gasteiger partial charge is 0.215 e. The molecule has 0 bridgehead atoms. The van der Waals surface area contributed by atoms with Gasteiger partial charge in [0.05, 0.1) is 5.75 Å². The average molecular weight is 150 g/mol. The maximum atomic E-state index is 10.7. The fourth-order valence-electron chi connectivity index (χ4n) is 0.496. The van der Waals surface area contributed by atoms with Crippen LogP contribution in [-0.4, -0.2) is 20.7 Å². The summed E-state index contributed by atoms with van der Waals surface area (Å²) in [4.78, 5) is 0. The Morgan fingerprint density at radius 2 is 2.11 bits per heavy atom. The van der Waals surface area contributed by atoms with Crippen LogP contribution in [0.4, 0.5) is 0 Å². The molecule has 0 aromatic rings. The first kappa shape index (κ1) is 8.91. The first-order valence-corrected chi connectivity index (χ1v) is 4.54. The van der Waals surface area contributed by atoms with Gasteiger partial charge in [-0.2, -0.15) is 0 Å². The Hall–Kier alpha value is -0.0900. The smallest absolute Gasteiger partial charge is 0.211 e. The van der Waals surface area contributed by atoms with E-state index in [1.807, 2.05) is 6.92 Å². The van der Waals surface area contributed by atoms with Crippen LogP contribution in [-0.2, 0) is 10.0 Å². The lowest BCUT2D eigenvalue weighted by atomic mass is 10.6. The van der Waals surface area contributed by atoms with Crippen LogP contribution >= 0.6 is 0 Å². The lowest BCUT2D eigenvalue weighted by Crippen LogP contribution is -2.25. The van der Waals surface area contributed by atoms with Crippen LogP contribution in [0.25, 0.3) is 0 Å². The fourth-order valence-corrected chi connectivity index (χ4v) is 1.49. The zero-order valence-electron chi connectivity index (χ0n) is 5.55. The summed E-state index contributed by atoms with van der Waals surface area (Å²) in [7, 11) is -2.99. The van der Waals surface area contributed by atoms with Crippen molar-refractivity contribution in [3.05, 3.63) is 6.92 Å². The molecule has 0 aliphatic heterocycles. The Morgan fingerprint density at radius 1 is 1.56 bits per heavy atom. The summed E-state index contributed by atoms with van der Waals surface area (Å²) < 4.78 is 23.6. The Bertz CT molecular complexity index is 138. The van der Waals surface area contributed by atoms with E-state index in [9.17, 15) is 8.42 Å². The Morgan fingerprint density at radius 3 is 2.44 bits per heavy atom. The second-order valence-corrected chi connectivity index (χ2v) is 3.64. The lowest BCUT2D eigenvalue weighted by molar-refractivity contribution is 0.584. The Balaban J connectivity index is 3.73. The van der Waals surface area contributed by atoms with Gasteiger partial charge in [-0.3, -0.25) is 0 Å². The molecule has 55 valence electrons. The SMILES string of the molecule is [CH2]CNS(=O)(=O)CCC. The Labute approximate surface area is 56.5 Å². The maximum Gasteiger partial charge on any atom is 0.211 e. The number of sulfonamides is 1. The molecule has 1 radical (unpaired) electrons. The van der Waals surface area contributed by atoms with E-state index < -0.39 is 10.0 Å². The van der Waals surface area contributed by atoms with Crippen LogP contribution in [0.1, 0.15) is 13.3 Å². The normalized spacial score (nSPS) is 11.8. The molecule has 4 heteroatoms. The first-order valence-electron chi connectivity index (χ1n) is 2.89. The molecule has 0 saturated heterocycles. The van der Waals surface area contributed by atoms with E-state index in [2.05, 4.69) is 11.6 Å². The van der Waals surface area contributed by atoms with Crippen LogP contribution in [0.15, 0.2) is 0 Å². The molecule has 0 aromatic heterocycles. The average Bonchev–Trinajstić information content (AvgIpc) is 1.64. The van der Waals surface area contributed by atoms with E-state index in [1.165, 1.54) is 0 Å². The minimum Gasteiger partial charge on any atom is -0.215 e. The topological polar surface area (TPSA) is 46.2 Å². The van der Waals surface area contributed by atoms with E-state index >= 15 is 0 Å². The third kappa shape index (κ3) is 4.42. The third-order valence-corrected chi connectivity index (χ3v) is 2.38. The minimum absolute atomic E-state index is 0.197. The first-order chi connectivity index (χ1) is 4.12. The zero-order valence-corrected chi connectivity index (χ0v) is 6.37. The number of nitrogens with one attached hydrogen (secondary N) is 1. The molecule has 0 fully saturated rings. The molecule has 1 N–H and O–H groups in total. The van der Waals surface area contributed by atoms with Crippen molar-refractivity contribution >= 4 is 10.0 Å². The van der Waals surface area contributed by atoms with E-state index in [0.717, 1.165) is 0 Å². The molecule has 0 atom stereocenters. The quantitative estimate of drug-likeness (QED) is 0.620. The highest BCUT2D eigenvalue weighted by Gasteiger charge is 2.03. The number of hydrogen-bond acceptors (Lipinski definition) is 2. The minimum atomic E-state index is -2.99. The van der Waals surface area contributed by atoms with Crippen molar-refractivity contribution in [3.63, 3.8) is 0 Å². The molecule has 0 amide bonds. The summed E-state index contributed by atoms with van der Waals surface area (Å²) in [5.74, 6) is 0.197. The standard InChI is InChI=1S/C5H12NO2S/c1-3-5-9(7,8)6-4-2/h6H,2-5H2,1H3. The molecule has 0 saturated carbocycles. The molecule has 0 spiro atoms. The highest BCUT2D eigenvalue weighted by atomic mass is 32.2. The van der Waals surface area contributed by atoms with Crippen molar-refractivity contribution in [2.75, 3.05) is 12.3 Å². The van der Waals surface area contributed by atoms with Crippen molar-refractivity contribution < 1.29 is 8.42 Å². The summed E-state index contributed by atoms with van der Waals surface area (Å²) in [5.41, 5.74) is 0. The van der Waals surface area contributed by atoms with Gasteiger partial charge in [0, 0.05) is 6.54 Å².